The molecule has 0 radical (unpaired) electrons. The van der Waals surface area contributed by atoms with Gasteiger partial charge in [0.2, 0.25) is 11.8 Å². The van der Waals surface area contributed by atoms with E-state index < -0.39 is 0 Å². The molecule has 0 spiro atoms. The van der Waals surface area contributed by atoms with E-state index in [1.807, 2.05) is 54.6 Å². The summed E-state index contributed by atoms with van der Waals surface area (Å²) in [6.45, 7) is 0. The second-order valence-corrected chi connectivity index (χ2v) is 10.6. The second kappa shape index (κ2) is 12.2. The maximum atomic E-state index is 5.90. The quantitative estimate of drug-likeness (QED) is 0.170. The second-order valence-electron chi connectivity index (χ2n) is 10.6. The van der Waals surface area contributed by atoms with Crippen LogP contribution in [0.15, 0.2) is 143 Å². The van der Waals surface area contributed by atoms with Crippen molar-refractivity contribution in [3.05, 3.63) is 156 Å². The number of rotatable bonds is 8. The van der Waals surface area contributed by atoms with Crippen molar-refractivity contribution in [2.45, 2.75) is 12.5 Å². The van der Waals surface area contributed by atoms with Gasteiger partial charge < -0.3 is 9.15 Å². The number of benzene rings is 5. The Morgan fingerprint density at radius 2 is 1.18 bits per heavy atom. The third-order valence-corrected chi connectivity index (χ3v) is 7.75. The first kappa shape index (κ1) is 27.1. The van der Waals surface area contributed by atoms with E-state index >= 15 is 0 Å². The van der Waals surface area contributed by atoms with Crippen LogP contribution in [-0.4, -0.2) is 23.0 Å². The highest BCUT2D eigenvalue weighted by Crippen LogP contribution is 2.37. The van der Waals surface area contributed by atoms with Gasteiger partial charge in [0.05, 0.1) is 24.6 Å². The van der Waals surface area contributed by atoms with Crippen LogP contribution in [0.25, 0.3) is 35.1 Å². The SMILES string of the molecule is COc1ccc(C2=NN(c3ccc(/C=C/c4ccc(-c5nnc(-c6ccccc6)o5)cc4)cc3)[C@H](c3ccccc3)C2)cc1. The zero-order chi connectivity index (χ0) is 29.7. The number of hydrogen-bond donors (Lipinski definition) is 0. The van der Waals surface area contributed by atoms with Crippen LogP contribution >= 0.6 is 0 Å². The van der Waals surface area contributed by atoms with Gasteiger partial charge in [-0.1, -0.05) is 84.9 Å². The first-order valence-corrected chi connectivity index (χ1v) is 14.6. The van der Waals surface area contributed by atoms with Gasteiger partial charge in [0, 0.05) is 17.5 Å². The number of methoxy groups -OCH3 is 1. The molecule has 2 heterocycles. The van der Waals surface area contributed by atoms with Crippen molar-refractivity contribution in [3.63, 3.8) is 0 Å². The average Bonchev–Trinajstić information content (AvgIpc) is 3.78. The van der Waals surface area contributed by atoms with Gasteiger partial charge in [-0.05, 0) is 82.9 Å². The highest BCUT2D eigenvalue weighted by atomic mass is 16.5. The Bertz CT molecular complexity index is 1900. The van der Waals surface area contributed by atoms with Crippen molar-refractivity contribution < 1.29 is 9.15 Å². The van der Waals surface area contributed by atoms with Crippen LogP contribution < -0.4 is 9.75 Å². The molecule has 1 atom stereocenters. The number of hydrogen-bond acceptors (Lipinski definition) is 6. The Balaban J connectivity index is 1.07. The fourth-order valence-electron chi connectivity index (χ4n) is 5.35. The van der Waals surface area contributed by atoms with E-state index in [2.05, 4.69) is 106 Å². The zero-order valence-corrected chi connectivity index (χ0v) is 24.2. The van der Waals surface area contributed by atoms with Gasteiger partial charge in [0.15, 0.2) is 0 Å². The fraction of sp³-hybridized carbons (Fsp3) is 0.0789. The fourth-order valence-corrected chi connectivity index (χ4v) is 5.35. The van der Waals surface area contributed by atoms with Gasteiger partial charge in [0.25, 0.3) is 0 Å². The minimum Gasteiger partial charge on any atom is -0.497 e. The molecule has 0 saturated heterocycles. The van der Waals surface area contributed by atoms with Crippen LogP contribution in [0.1, 0.15) is 34.7 Å². The summed E-state index contributed by atoms with van der Waals surface area (Å²) in [7, 11) is 1.68. The van der Waals surface area contributed by atoms with Gasteiger partial charge in [-0.2, -0.15) is 5.10 Å². The Labute approximate surface area is 256 Å². The minimum atomic E-state index is 0.121. The number of nitrogens with zero attached hydrogens (tertiary/aromatic N) is 4. The van der Waals surface area contributed by atoms with E-state index in [9.17, 15) is 0 Å². The van der Waals surface area contributed by atoms with E-state index in [4.69, 9.17) is 14.3 Å². The summed E-state index contributed by atoms with van der Waals surface area (Å²) >= 11 is 0. The van der Waals surface area contributed by atoms with Crippen LogP contribution in [0, 0.1) is 0 Å². The highest BCUT2D eigenvalue weighted by Gasteiger charge is 2.29. The molecule has 1 aliphatic heterocycles. The summed E-state index contributed by atoms with van der Waals surface area (Å²) in [5.41, 5.74) is 8.44. The van der Waals surface area contributed by atoms with Crippen LogP contribution in [0.3, 0.4) is 0 Å². The molecule has 0 bridgehead atoms. The molecule has 0 unspecified atom stereocenters. The molecule has 44 heavy (non-hydrogen) atoms. The van der Waals surface area contributed by atoms with E-state index in [0.29, 0.717) is 11.8 Å². The third-order valence-electron chi connectivity index (χ3n) is 7.75. The topological polar surface area (TPSA) is 63.8 Å². The monoisotopic (exact) mass is 574 g/mol. The lowest BCUT2D eigenvalue weighted by Gasteiger charge is -2.24. The highest BCUT2D eigenvalue weighted by molar-refractivity contribution is 6.03. The predicted octanol–water partition coefficient (Wildman–Crippen LogP) is 8.94. The molecular weight excluding hydrogens is 544 g/mol. The summed E-state index contributed by atoms with van der Waals surface area (Å²) in [6, 6.07) is 45.2. The zero-order valence-electron chi connectivity index (χ0n) is 24.2. The summed E-state index contributed by atoms with van der Waals surface area (Å²) in [6.07, 6.45) is 5.04. The minimum absolute atomic E-state index is 0.121. The first-order valence-electron chi connectivity index (χ1n) is 14.6. The Hall–Kier alpha value is -5.75. The van der Waals surface area contributed by atoms with E-state index in [1.165, 1.54) is 5.56 Å². The number of anilines is 1. The summed E-state index contributed by atoms with van der Waals surface area (Å²) in [5, 5.41) is 15.7. The molecule has 0 amide bonds. The lowest BCUT2D eigenvalue weighted by atomic mass is 9.98. The smallest absolute Gasteiger partial charge is 0.248 e. The Morgan fingerprint density at radius 3 is 1.80 bits per heavy atom. The van der Waals surface area contributed by atoms with Crippen LogP contribution in [0.5, 0.6) is 5.75 Å². The lowest BCUT2D eigenvalue weighted by molar-refractivity contribution is 0.415. The largest absolute Gasteiger partial charge is 0.497 e. The van der Waals surface area contributed by atoms with Gasteiger partial charge in [-0.25, -0.2) is 0 Å². The van der Waals surface area contributed by atoms with Gasteiger partial charge in [-0.3, -0.25) is 5.01 Å². The molecule has 0 aliphatic carbocycles. The lowest BCUT2D eigenvalue weighted by Crippen LogP contribution is -2.18. The molecule has 1 aliphatic rings. The van der Waals surface area contributed by atoms with Crippen LogP contribution in [-0.2, 0) is 0 Å². The summed E-state index contributed by atoms with van der Waals surface area (Å²) in [4.78, 5) is 0. The molecule has 0 N–H and O–H groups in total. The molecule has 6 aromatic rings. The van der Waals surface area contributed by atoms with Crippen LogP contribution in [0.2, 0.25) is 0 Å². The molecule has 6 heteroatoms. The van der Waals surface area contributed by atoms with Gasteiger partial charge in [-0.15, -0.1) is 10.2 Å². The summed E-state index contributed by atoms with van der Waals surface area (Å²) < 4.78 is 11.2. The van der Waals surface area contributed by atoms with Crippen molar-refractivity contribution in [1.82, 2.24) is 10.2 Å². The molecule has 5 aromatic carbocycles. The predicted molar refractivity (Wildman–Crippen MR) is 176 cm³/mol. The normalized spacial score (nSPS) is 14.6. The number of hydrazone groups is 1. The van der Waals surface area contributed by atoms with E-state index in [0.717, 1.165) is 51.4 Å². The number of aromatic nitrogens is 2. The molecule has 214 valence electrons. The van der Waals surface area contributed by atoms with Crippen molar-refractivity contribution in [2.75, 3.05) is 12.1 Å². The number of ether oxygens (including phenoxy) is 1. The first-order chi connectivity index (χ1) is 21.7. The molecule has 0 fully saturated rings. The van der Waals surface area contributed by atoms with Crippen molar-refractivity contribution in [3.8, 4) is 28.7 Å². The van der Waals surface area contributed by atoms with Crippen molar-refractivity contribution >= 4 is 23.6 Å². The van der Waals surface area contributed by atoms with Crippen molar-refractivity contribution in [2.24, 2.45) is 5.10 Å². The van der Waals surface area contributed by atoms with E-state index in [-0.39, 0.29) is 6.04 Å². The maximum absolute atomic E-state index is 5.90. The molecule has 6 nitrogen and oxygen atoms in total. The average molecular weight is 575 g/mol. The third kappa shape index (κ3) is 5.78. The Morgan fingerprint density at radius 1 is 0.636 bits per heavy atom. The molecule has 7 rings (SSSR count). The van der Waals surface area contributed by atoms with Crippen LogP contribution in [0.4, 0.5) is 5.69 Å². The standard InChI is InChI=1S/C38H30N4O2/c1-43-34-24-20-29(21-25-34)35-26-36(30-8-4-2-5-9-30)42(41-35)33-22-16-28(17-23-33)13-12-27-14-18-32(19-15-27)38-40-39-37(44-38)31-10-6-3-7-11-31/h2-25,36H,26H2,1H3/b13-12+/t36-/m0/s1. The summed E-state index contributed by atoms with van der Waals surface area (Å²) in [5.74, 6) is 1.86. The molecule has 0 saturated carbocycles. The van der Waals surface area contributed by atoms with E-state index in [1.54, 1.807) is 7.11 Å². The Kier molecular flexibility index (Phi) is 7.54. The maximum Gasteiger partial charge on any atom is 0.248 e. The molecule has 1 aromatic heterocycles. The van der Waals surface area contributed by atoms with Gasteiger partial charge in [0.1, 0.15) is 5.75 Å². The van der Waals surface area contributed by atoms with Gasteiger partial charge >= 0.3 is 0 Å². The van der Waals surface area contributed by atoms with Crippen molar-refractivity contribution in [1.29, 1.82) is 0 Å². The molecular formula is C38H30N4O2.